The Labute approximate surface area is 98.2 Å². The third-order valence-electron chi connectivity index (χ3n) is 2.12. The van der Waals surface area contributed by atoms with E-state index in [0.717, 1.165) is 5.69 Å². The van der Waals surface area contributed by atoms with Crippen LogP contribution in [-0.2, 0) is 0 Å². The Morgan fingerprint density at radius 3 is 2.35 bits per heavy atom. The minimum absolute atomic E-state index is 0.346. The van der Waals surface area contributed by atoms with Crippen molar-refractivity contribution in [3.8, 4) is 0 Å². The number of benzene rings is 1. The van der Waals surface area contributed by atoms with Crippen molar-refractivity contribution in [1.82, 2.24) is 9.97 Å². The van der Waals surface area contributed by atoms with Crippen molar-refractivity contribution >= 4 is 23.0 Å². The van der Waals surface area contributed by atoms with Crippen LogP contribution in [0.4, 0.5) is 23.0 Å². The number of anilines is 4. The molecule has 1 aromatic carbocycles. The summed E-state index contributed by atoms with van der Waals surface area (Å²) >= 11 is 0. The van der Waals surface area contributed by atoms with Crippen molar-refractivity contribution < 1.29 is 0 Å². The summed E-state index contributed by atoms with van der Waals surface area (Å²) in [6, 6.07) is 9.58. The maximum Gasteiger partial charge on any atom is 0.173 e. The number of nitrogens with two attached hydrogens (primary N) is 2. The van der Waals surface area contributed by atoms with Gasteiger partial charge in [-0.25, -0.2) is 15.8 Å². The lowest BCUT2D eigenvalue weighted by atomic mass is 10.3. The monoisotopic (exact) mass is 231 g/mol. The molecule has 2 rings (SSSR count). The Balaban J connectivity index is 2.09. The van der Waals surface area contributed by atoms with E-state index in [4.69, 9.17) is 11.6 Å². The van der Waals surface area contributed by atoms with Gasteiger partial charge in [-0.05, 0) is 12.1 Å². The van der Waals surface area contributed by atoms with E-state index in [2.05, 4.69) is 26.2 Å². The molecule has 0 aliphatic carbocycles. The highest BCUT2D eigenvalue weighted by atomic mass is 15.4. The second-order valence-electron chi connectivity index (χ2n) is 3.24. The van der Waals surface area contributed by atoms with E-state index >= 15 is 0 Å². The van der Waals surface area contributed by atoms with E-state index in [-0.39, 0.29) is 0 Å². The second-order valence-corrected chi connectivity index (χ2v) is 3.24. The normalized spacial score (nSPS) is 9.71. The molecular weight excluding hydrogens is 218 g/mol. The number of hydrazine groups is 2. The van der Waals surface area contributed by atoms with Gasteiger partial charge in [-0.1, -0.05) is 18.2 Å². The topological polar surface area (TPSA) is 114 Å². The van der Waals surface area contributed by atoms with Crippen LogP contribution in [0.3, 0.4) is 0 Å². The van der Waals surface area contributed by atoms with E-state index in [0.29, 0.717) is 17.3 Å². The summed E-state index contributed by atoms with van der Waals surface area (Å²) < 4.78 is 0. The highest BCUT2D eigenvalue weighted by Crippen LogP contribution is 2.21. The number of para-hydroxylation sites is 1. The highest BCUT2D eigenvalue weighted by molar-refractivity contribution is 5.74. The summed E-state index contributed by atoms with van der Waals surface area (Å²) in [5.41, 5.74) is 15.3. The first-order valence-electron chi connectivity index (χ1n) is 4.95. The van der Waals surface area contributed by atoms with Crippen LogP contribution < -0.4 is 27.9 Å². The summed E-state index contributed by atoms with van der Waals surface area (Å²) in [4.78, 5) is 7.87. The smallest absolute Gasteiger partial charge is 0.173 e. The minimum atomic E-state index is 0.346. The summed E-state index contributed by atoms with van der Waals surface area (Å²) in [5.74, 6) is 6.09. The van der Waals surface area contributed by atoms with E-state index < -0.39 is 0 Å². The Kier molecular flexibility index (Phi) is 3.22. The molecule has 0 saturated carbocycles. The summed E-state index contributed by atoms with van der Waals surface area (Å²) in [7, 11) is 0. The van der Waals surface area contributed by atoms with Crippen molar-refractivity contribution in [1.29, 1.82) is 0 Å². The first kappa shape index (κ1) is 11.0. The van der Waals surface area contributed by atoms with E-state index in [9.17, 15) is 0 Å². The number of nitrogens with zero attached hydrogens (tertiary/aromatic N) is 2. The van der Waals surface area contributed by atoms with Gasteiger partial charge >= 0.3 is 0 Å². The fourth-order valence-electron chi connectivity index (χ4n) is 1.26. The van der Waals surface area contributed by atoms with Gasteiger partial charge in [0.05, 0.1) is 5.69 Å². The van der Waals surface area contributed by atoms with Crippen molar-refractivity contribution in [2.75, 3.05) is 22.0 Å². The second kappa shape index (κ2) is 4.99. The van der Waals surface area contributed by atoms with Gasteiger partial charge in [-0.3, -0.25) is 10.9 Å². The van der Waals surface area contributed by atoms with Crippen LogP contribution in [0.25, 0.3) is 0 Å². The quantitative estimate of drug-likeness (QED) is 0.390. The van der Waals surface area contributed by atoms with Crippen LogP contribution in [-0.4, -0.2) is 9.97 Å². The third kappa shape index (κ3) is 2.52. The molecule has 17 heavy (non-hydrogen) atoms. The van der Waals surface area contributed by atoms with Gasteiger partial charge in [0, 0.05) is 0 Å². The molecule has 7 N–H and O–H groups in total. The molecule has 0 radical (unpaired) electrons. The Hall–Kier alpha value is -2.54. The molecule has 0 unspecified atom stereocenters. The fraction of sp³-hybridized carbons (Fsp3) is 0. The number of nitrogens with one attached hydrogen (secondary N) is 3. The number of aromatic nitrogens is 2. The fourth-order valence-corrected chi connectivity index (χ4v) is 1.26. The largest absolute Gasteiger partial charge is 0.393 e. The maximum atomic E-state index is 5.79. The van der Waals surface area contributed by atoms with Crippen molar-refractivity contribution in [2.45, 2.75) is 0 Å². The molecule has 2 aromatic rings. The lowest BCUT2D eigenvalue weighted by molar-refractivity contribution is 1.13. The third-order valence-corrected chi connectivity index (χ3v) is 2.12. The van der Waals surface area contributed by atoms with E-state index in [1.165, 1.54) is 6.33 Å². The zero-order valence-corrected chi connectivity index (χ0v) is 9.01. The SMILES string of the molecule is NNc1ncnc(NNc2ccccc2)c1N. The Bertz CT molecular complexity index is 485. The molecule has 0 saturated heterocycles. The zero-order chi connectivity index (χ0) is 12.1. The van der Waals surface area contributed by atoms with Gasteiger partial charge in [0.1, 0.15) is 12.0 Å². The number of hydrogen-bond donors (Lipinski definition) is 5. The molecule has 7 nitrogen and oxygen atoms in total. The lowest BCUT2D eigenvalue weighted by Gasteiger charge is -2.12. The summed E-state index contributed by atoms with van der Waals surface area (Å²) in [6.07, 6.45) is 1.36. The predicted octanol–water partition coefficient (Wildman–Crippen LogP) is 0.783. The summed E-state index contributed by atoms with van der Waals surface area (Å²) in [6.45, 7) is 0. The molecule has 0 bridgehead atoms. The van der Waals surface area contributed by atoms with Gasteiger partial charge in [0.2, 0.25) is 0 Å². The molecule has 88 valence electrons. The predicted molar refractivity (Wildman–Crippen MR) is 67.9 cm³/mol. The van der Waals surface area contributed by atoms with Crippen LogP contribution in [0.5, 0.6) is 0 Å². The van der Waals surface area contributed by atoms with Gasteiger partial charge in [0.25, 0.3) is 0 Å². The molecule has 1 heterocycles. The first-order chi connectivity index (χ1) is 8.31. The molecule has 0 fully saturated rings. The number of rotatable bonds is 4. The molecule has 0 aliphatic rings. The maximum absolute atomic E-state index is 5.79. The van der Waals surface area contributed by atoms with Crippen LogP contribution in [0.15, 0.2) is 36.7 Å². The lowest BCUT2D eigenvalue weighted by Crippen LogP contribution is -2.16. The summed E-state index contributed by atoms with van der Waals surface area (Å²) in [5, 5.41) is 0. The Morgan fingerprint density at radius 1 is 0.941 bits per heavy atom. The number of nitrogen functional groups attached to an aromatic ring is 2. The molecule has 0 spiro atoms. The molecule has 7 heteroatoms. The standard InChI is InChI=1S/C10H13N7/c11-8-9(15-12)13-6-14-10(8)17-16-7-4-2-1-3-5-7/h1-6,16H,11-12H2,(H2,13,14,15,17). The Morgan fingerprint density at radius 2 is 1.65 bits per heavy atom. The van der Waals surface area contributed by atoms with Gasteiger partial charge in [0.15, 0.2) is 11.6 Å². The average Bonchev–Trinajstić information content (AvgIpc) is 2.39. The molecule has 0 atom stereocenters. The van der Waals surface area contributed by atoms with Crippen LogP contribution in [0, 0.1) is 0 Å². The highest BCUT2D eigenvalue weighted by Gasteiger charge is 2.05. The molecule has 1 aromatic heterocycles. The minimum Gasteiger partial charge on any atom is -0.393 e. The van der Waals surface area contributed by atoms with Crippen molar-refractivity contribution in [3.63, 3.8) is 0 Å². The van der Waals surface area contributed by atoms with Crippen molar-refractivity contribution in [2.24, 2.45) is 5.84 Å². The van der Waals surface area contributed by atoms with Crippen molar-refractivity contribution in [3.05, 3.63) is 36.7 Å². The van der Waals surface area contributed by atoms with Crippen LogP contribution in [0.1, 0.15) is 0 Å². The van der Waals surface area contributed by atoms with E-state index in [1.807, 2.05) is 30.3 Å². The molecule has 0 amide bonds. The van der Waals surface area contributed by atoms with E-state index in [1.54, 1.807) is 0 Å². The van der Waals surface area contributed by atoms with Gasteiger partial charge in [-0.15, -0.1) is 0 Å². The molecule has 0 aliphatic heterocycles. The van der Waals surface area contributed by atoms with Gasteiger partial charge < -0.3 is 11.2 Å². The number of hydrogen-bond acceptors (Lipinski definition) is 7. The van der Waals surface area contributed by atoms with Crippen LogP contribution >= 0.6 is 0 Å². The zero-order valence-electron chi connectivity index (χ0n) is 9.01. The van der Waals surface area contributed by atoms with Crippen LogP contribution in [0.2, 0.25) is 0 Å². The first-order valence-corrected chi connectivity index (χ1v) is 4.95. The molecular formula is C10H13N7. The average molecular weight is 231 g/mol. The van der Waals surface area contributed by atoms with Gasteiger partial charge in [-0.2, -0.15) is 0 Å².